The zero-order valence-corrected chi connectivity index (χ0v) is 15.1. The minimum Gasteiger partial charge on any atom is -0.454 e. The van der Waals surface area contributed by atoms with Gasteiger partial charge in [-0.3, -0.25) is 4.79 Å². The van der Waals surface area contributed by atoms with Crippen molar-refractivity contribution in [1.29, 1.82) is 0 Å². The molecule has 4 heterocycles. The molecular formula is C21H18N4O3. The van der Waals surface area contributed by atoms with Crippen molar-refractivity contribution in [2.45, 2.75) is 19.5 Å². The van der Waals surface area contributed by atoms with Gasteiger partial charge in [0.25, 0.3) is 5.91 Å². The average molecular weight is 374 g/mol. The highest BCUT2D eigenvalue weighted by molar-refractivity contribution is 5.91. The summed E-state index contributed by atoms with van der Waals surface area (Å²) in [5, 5.41) is 4.24. The van der Waals surface area contributed by atoms with Gasteiger partial charge in [-0.1, -0.05) is 35.5 Å². The number of amides is 1. The Hall–Kier alpha value is -3.61. The Labute approximate surface area is 161 Å². The third kappa shape index (κ3) is 3.00. The van der Waals surface area contributed by atoms with Crippen molar-refractivity contribution in [1.82, 2.24) is 19.6 Å². The summed E-state index contributed by atoms with van der Waals surface area (Å²) in [5.74, 6) is 1.79. The number of furan rings is 1. The molecule has 1 aliphatic heterocycles. The van der Waals surface area contributed by atoms with Gasteiger partial charge < -0.3 is 18.4 Å². The summed E-state index contributed by atoms with van der Waals surface area (Å²) in [6, 6.07) is 13.4. The Morgan fingerprint density at radius 2 is 2.04 bits per heavy atom. The third-order valence-electron chi connectivity index (χ3n) is 4.93. The van der Waals surface area contributed by atoms with Gasteiger partial charge in [0, 0.05) is 36.5 Å². The van der Waals surface area contributed by atoms with Crippen LogP contribution in [0.4, 0.5) is 0 Å². The molecule has 7 heteroatoms. The number of benzene rings is 1. The largest absolute Gasteiger partial charge is 0.454 e. The van der Waals surface area contributed by atoms with Crippen LogP contribution in [0.15, 0.2) is 70.1 Å². The normalized spacial score (nSPS) is 13.5. The molecule has 0 unspecified atom stereocenters. The molecule has 0 fully saturated rings. The number of carbonyl (C=O) groups is 1. The Bertz CT molecular complexity index is 1100. The standard InChI is InChI=1S/C21H18N4O3/c26-21(19-7-6-16(27-19)12-24-11-9-22-14-24)25-10-8-18-17(13-25)20(23-28-18)15-4-2-1-3-5-15/h1-7,9,11,14H,8,10,12-13H2. The van der Waals surface area contributed by atoms with Gasteiger partial charge >= 0.3 is 0 Å². The summed E-state index contributed by atoms with van der Waals surface area (Å²) < 4.78 is 13.2. The van der Waals surface area contributed by atoms with Crippen LogP contribution in [0, 0.1) is 0 Å². The quantitative estimate of drug-likeness (QED) is 0.547. The van der Waals surface area contributed by atoms with Gasteiger partial charge in [-0.25, -0.2) is 4.98 Å². The van der Waals surface area contributed by atoms with E-state index >= 15 is 0 Å². The minimum absolute atomic E-state index is 0.122. The Morgan fingerprint density at radius 3 is 2.86 bits per heavy atom. The molecule has 1 aromatic carbocycles. The number of hydrogen-bond donors (Lipinski definition) is 0. The van der Waals surface area contributed by atoms with Gasteiger partial charge in [-0.05, 0) is 12.1 Å². The number of fused-ring (bicyclic) bond motifs is 1. The van der Waals surface area contributed by atoms with Crippen molar-refractivity contribution in [2.75, 3.05) is 6.54 Å². The first-order valence-electron chi connectivity index (χ1n) is 9.14. The highest BCUT2D eigenvalue weighted by atomic mass is 16.5. The van der Waals surface area contributed by atoms with Crippen molar-refractivity contribution in [3.05, 3.63) is 84.0 Å². The maximum Gasteiger partial charge on any atom is 0.289 e. The Balaban J connectivity index is 1.35. The maximum atomic E-state index is 13.0. The second kappa shape index (κ2) is 6.84. The lowest BCUT2D eigenvalue weighted by Crippen LogP contribution is -2.35. The summed E-state index contributed by atoms with van der Waals surface area (Å²) in [7, 11) is 0. The molecule has 1 aliphatic rings. The number of rotatable bonds is 4. The molecule has 0 aliphatic carbocycles. The lowest BCUT2D eigenvalue weighted by Gasteiger charge is -2.25. The van der Waals surface area contributed by atoms with E-state index in [1.165, 1.54) is 0 Å². The van der Waals surface area contributed by atoms with Crippen LogP contribution in [-0.4, -0.2) is 32.1 Å². The molecule has 0 bridgehead atoms. The van der Waals surface area contributed by atoms with Gasteiger partial charge in [0.2, 0.25) is 0 Å². The number of hydrogen-bond acceptors (Lipinski definition) is 5. The first-order valence-corrected chi connectivity index (χ1v) is 9.14. The molecular weight excluding hydrogens is 356 g/mol. The molecule has 0 saturated heterocycles. The van der Waals surface area contributed by atoms with Crippen LogP contribution < -0.4 is 0 Å². The summed E-state index contributed by atoms with van der Waals surface area (Å²) in [4.78, 5) is 18.8. The van der Waals surface area contributed by atoms with E-state index in [2.05, 4.69) is 10.1 Å². The van der Waals surface area contributed by atoms with Crippen molar-refractivity contribution in [3.63, 3.8) is 0 Å². The fourth-order valence-corrected chi connectivity index (χ4v) is 3.50. The zero-order chi connectivity index (χ0) is 18.9. The van der Waals surface area contributed by atoms with Gasteiger partial charge in [-0.15, -0.1) is 0 Å². The van der Waals surface area contributed by atoms with Crippen LogP contribution in [0.5, 0.6) is 0 Å². The number of aromatic nitrogens is 3. The lowest BCUT2D eigenvalue weighted by molar-refractivity contribution is 0.0694. The zero-order valence-electron chi connectivity index (χ0n) is 15.1. The second-order valence-corrected chi connectivity index (χ2v) is 6.78. The van der Waals surface area contributed by atoms with E-state index in [4.69, 9.17) is 8.94 Å². The van der Waals surface area contributed by atoms with Crippen molar-refractivity contribution in [3.8, 4) is 11.3 Å². The van der Waals surface area contributed by atoms with Crippen LogP contribution in [0.3, 0.4) is 0 Å². The smallest absolute Gasteiger partial charge is 0.289 e. The fraction of sp³-hybridized carbons (Fsp3) is 0.190. The predicted molar refractivity (Wildman–Crippen MR) is 100 cm³/mol. The monoisotopic (exact) mass is 374 g/mol. The van der Waals surface area contributed by atoms with Crippen LogP contribution in [-0.2, 0) is 19.5 Å². The first-order chi connectivity index (χ1) is 13.8. The highest BCUT2D eigenvalue weighted by Gasteiger charge is 2.29. The fourth-order valence-electron chi connectivity index (χ4n) is 3.50. The van der Waals surface area contributed by atoms with Gasteiger partial charge in [-0.2, -0.15) is 0 Å². The molecule has 0 radical (unpaired) electrons. The predicted octanol–water partition coefficient (Wildman–Crippen LogP) is 3.38. The Kier molecular flexibility index (Phi) is 4.05. The molecule has 5 rings (SSSR count). The molecule has 140 valence electrons. The van der Waals surface area contributed by atoms with Crippen LogP contribution >= 0.6 is 0 Å². The van der Waals surface area contributed by atoms with Crippen molar-refractivity contribution in [2.24, 2.45) is 0 Å². The highest BCUT2D eigenvalue weighted by Crippen LogP contribution is 2.30. The summed E-state index contributed by atoms with van der Waals surface area (Å²) in [6.07, 6.45) is 5.92. The topological polar surface area (TPSA) is 77.3 Å². The van der Waals surface area contributed by atoms with Crippen LogP contribution in [0.2, 0.25) is 0 Å². The van der Waals surface area contributed by atoms with Crippen LogP contribution in [0.25, 0.3) is 11.3 Å². The van der Waals surface area contributed by atoms with E-state index in [9.17, 15) is 4.79 Å². The van der Waals surface area contributed by atoms with Gasteiger partial charge in [0.1, 0.15) is 17.2 Å². The molecule has 4 aromatic rings. The SMILES string of the molecule is O=C(c1ccc(Cn2ccnc2)o1)N1CCc2onc(-c3ccccc3)c2C1. The summed E-state index contributed by atoms with van der Waals surface area (Å²) in [5.41, 5.74) is 2.76. The summed E-state index contributed by atoms with van der Waals surface area (Å²) >= 11 is 0. The van der Waals surface area contributed by atoms with Gasteiger partial charge in [0.05, 0.1) is 19.4 Å². The van der Waals surface area contributed by atoms with E-state index in [1.54, 1.807) is 23.5 Å². The van der Waals surface area contributed by atoms with Crippen molar-refractivity contribution >= 4 is 5.91 Å². The third-order valence-corrected chi connectivity index (χ3v) is 4.93. The molecule has 0 saturated carbocycles. The van der Waals surface area contributed by atoms with E-state index in [-0.39, 0.29) is 5.91 Å². The van der Waals surface area contributed by atoms with E-state index in [0.29, 0.717) is 37.6 Å². The second-order valence-electron chi connectivity index (χ2n) is 6.78. The van der Waals surface area contributed by atoms with E-state index in [1.807, 2.05) is 47.2 Å². The molecule has 0 atom stereocenters. The van der Waals surface area contributed by atoms with E-state index < -0.39 is 0 Å². The molecule has 28 heavy (non-hydrogen) atoms. The Morgan fingerprint density at radius 1 is 1.14 bits per heavy atom. The number of carbonyl (C=O) groups excluding carboxylic acids is 1. The lowest BCUT2D eigenvalue weighted by atomic mass is 10.0. The van der Waals surface area contributed by atoms with Crippen molar-refractivity contribution < 1.29 is 13.7 Å². The average Bonchev–Trinajstić information content (AvgIpc) is 3.49. The maximum absolute atomic E-state index is 13.0. The minimum atomic E-state index is -0.122. The van der Waals surface area contributed by atoms with Crippen LogP contribution in [0.1, 0.15) is 27.6 Å². The first kappa shape index (κ1) is 16.6. The molecule has 1 amide bonds. The number of nitrogens with zero attached hydrogens (tertiary/aromatic N) is 4. The van der Waals surface area contributed by atoms with Gasteiger partial charge in [0.15, 0.2) is 5.76 Å². The number of imidazole rings is 1. The molecule has 0 N–H and O–H groups in total. The molecule has 3 aromatic heterocycles. The molecule has 7 nitrogen and oxygen atoms in total. The summed E-state index contributed by atoms with van der Waals surface area (Å²) in [6.45, 7) is 1.58. The molecule has 0 spiro atoms. The van der Waals surface area contributed by atoms with E-state index in [0.717, 1.165) is 22.6 Å².